The molecule has 5 rings (SSSR count). The largest absolute Gasteiger partial charge is 0.393 e. The van der Waals surface area contributed by atoms with E-state index in [0.717, 1.165) is 75.0 Å². The second-order valence-corrected chi connectivity index (χ2v) is 9.86. The number of hydrogen-bond donors (Lipinski definition) is 2. The minimum Gasteiger partial charge on any atom is -0.393 e. The highest BCUT2D eigenvalue weighted by Gasteiger charge is 2.28. The van der Waals surface area contributed by atoms with Gasteiger partial charge in [0.05, 0.1) is 6.10 Å². The van der Waals surface area contributed by atoms with Crippen LogP contribution in [0.5, 0.6) is 0 Å². The predicted octanol–water partition coefficient (Wildman–Crippen LogP) is 3.93. The lowest BCUT2D eigenvalue weighted by Gasteiger charge is -2.37. The van der Waals surface area contributed by atoms with Crippen LogP contribution in [0.3, 0.4) is 0 Å². The van der Waals surface area contributed by atoms with Crippen molar-refractivity contribution in [1.29, 1.82) is 0 Å². The molecule has 2 fully saturated rings. The molecule has 0 unspecified atom stereocenters. The summed E-state index contributed by atoms with van der Waals surface area (Å²) < 4.78 is 0. The molecule has 2 saturated heterocycles. The van der Waals surface area contributed by atoms with Crippen LogP contribution in [0, 0.1) is 5.92 Å². The van der Waals surface area contributed by atoms with E-state index in [0.29, 0.717) is 11.5 Å². The van der Waals surface area contributed by atoms with E-state index in [2.05, 4.69) is 9.88 Å². The molecule has 0 aliphatic carbocycles. The van der Waals surface area contributed by atoms with Gasteiger partial charge in [-0.3, -0.25) is 14.5 Å². The third-order valence-corrected chi connectivity index (χ3v) is 7.45. The zero-order valence-electron chi connectivity index (χ0n) is 20.5. The number of nitrogens with zero attached hydrogens (tertiary/aromatic N) is 3. The average Bonchev–Trinajstić information content (AvgIpc) is 3.37. The first-order valence-electron chi connectivity index (χ1n) is 12.7. The van der Waals surface area contributed by atoms with Crippen molar-refractivity contribution in [2.45, 2.75) is 31.8 Å². The Morgan fingerprint density at radius 1 is 0.944 bits per heavy atom. The van der Waals surface area contributed by atoms with Crippen molar-refractivity contribution < 1.29 is 14.7 Å². The van der Waals surface area contributed by atoms with Crippen molar-refractivity contribution in [3.05, 3.63) is 66.4 Å². The minimum atomic E-state index is -0.178. The summed E-state index contributed by atoms with van der Waals surface area (Å²) in [5.74, 6) is 0.389. The quantitative estimate of drug-likeness (QED) is 0.526. The first-order valence-corrected chi connectivity index (χ1v) is 12.7. The highest BCUT2D eigenvalue weighted by atomic mass is 35.5. The van der Waals surface area contributed by atoms with Crippen LogP contribution in [0.4, 0.5) is 5.69 Å². The van der Waals surface area contributed by atoms with E-state index < -0.39 is 0 Å². The number of para-hydroxylation sites is 1. The molecule has 0 atom stereocenters. The smallest absolute Gasteiger partial charge is 0.258 e. The third kappa shape index (κ3) is 6.09. The number of hydrogen-bond acceptors (Lipinski definition) is 4. The van der Waals surface area contributed by atoms with Gasteiger partial charge in [-0.05, 0) is 67.3 Å². The normalized spacial score (nSPS) is 17.6. The summed E-state index contributed by atoms with van der Waals surface area (Å²) in [6.45, 7) is 4.45. The maximum atomic E-state index is 13.5. The van der Waals surface area contributed by atoms with Gasteiger partial charge >= 0.3 is 0 Å². The number of benzene rings is 2. The molecule has 8 heteroatoms. The Morgan fingerprint density at radius 2 is 1.67 bits per heavy atom. The van der Waals surface area contributed by atoms with E-state index in [1.165, 1.54) is 0 Å². The number of halogens is 1. The van der Waals surface area contributed by atoms with E-state index in [4.69, 9.17) is 0 Å². The Morgan fingerprint density at radius 3 is 2.39 bits per heavy atom. The van der Waals surface area contributed by atoms with E-state index in [1.54, 1.807) is 4.90 Å². The number of aliphatic hydroxyl groups excluding tert-OH is 1. The molecule has 0 spiro atoms. The Kier molecular flexibility index (Phi) is 8.67. The molecule has 2 aliphatic heterocycles. The molecule has 7 nitrogen and oxygen atoms in total. The van der Waals surface area contributed by atoms with Crippen LogP contribution in [-0.4, -0.2) is 77.1 Å². The summed E-state index contributed by atoms with van der Waals surface area (Å²) in [4.78, 5) is 36.0. The molecular weight excluding hydrogens is 476 g/mol. The van der Waals surface area contributed by atoms with Gasteiger partial charge in [0.15, 0.2) is 0 Å². The molecule has 3 aromatic rings. The summed E-state index contributed by atoms with van der Waals surface area (Å²) in [5.41, 5.74) is 2.18. The Bertz CT molecular complexity index is 1150. The number of fused-ring (bicyclic) bond motifs is 1. The van der Waals surface area contributed by atoms with Gasteiger partial charge in [0.25, 0.3) is 5.91 Å². The lowest BCUT2D eigenvalue weighted by molar-refractivity contribution is -0.131. The average molecular weight is 511 g/mol. The molecule has 2 aliphatic rings. The monoisotopic (exact) mass is 510 g/mol. The number of rotatable bonds is 6. The number of aliphatic hydroxyl groups is 1. The number of aromatic amines is 1. The number of aromatic nitrogens is 1. The van der Waals surface area contributed by atoms with E-state index in [9.17, 15) is 14.7 Å². The fraction of sp³-hybridized carbons (Fsp3) is 0.429. The highest BCUT2D eigenvalue weighted by Crippen LogP contribution is 2.23. The summed E-state index contributed by atoms with van der Waals surface area (Å²) >= 11 is 0. The van der Waals surface area contributed by atoms with Crippen LogP contribution in [0.2, 0.25) is 0 Å². The van der Waals surface area contributed by atoms with Crippen LogP contribution in [0.15, 0.2) is 60.8 Å². The number of anilines is 1. The summed E-state index contributed by atoms with van der Waals surface area (Å²) in [6.07, 6.45) is 5.39. The standard InChI is InChI=1S/C28H34N4O3.ClH/c33-25-11-14-30(15-12-25)19-21-9-16-31(17-10-21)27(34)20-32(24-4-2-1-3-5-24)28(35)23-7-6-22-8-13-29-26(22)18-23;/h1-8,13,18,21,25,29,33H,9-12,14-17,19-20H2;1H. The molecule has 2 N–H and O–H groups in total. The molecule has 1 aromatic heterocycles. The predicted molar refractivity (Wildman–Crippen MR) is 145 cm³/mol. The lowest BCUT2D eigenvalue weighted by atomic mass is 9.95. The molecular formula is C28H35ClN4O3. The second kappa shape index (κ2) is 11.9. The van der Waals surface area contributed by atoms with Crippen molar-refractivity contribution in [3.63, 3.8) is 0 Å². The van der Waals surface area contributed by atoms with Crippen LogP contribution < -0.4 is 4.90 Å². The van der Waals surface area contributed by atoms with Crippen molar-refractivity contribution >= 4 is 40.8 Å². The SMILES string of the molecule is Cl.O=C(CN(C(=O)c1ccc2cc[nH]c2c1)c1ccccc1)N1CCC(CN2CCC(O)CC2)CC1. The summed E-state index contributed by atoms with van der Waals surface area (Å²) in [5, 5.41) is 10.8. The number of piperidine rings is 2. The number of carbonyl (C=O) groups is 2. The Labute approximate surface area is 218 Å². The minimum absolute atomic E-state index is 0. The first kappa shape index (κ1) is 26.2. The fourth-order valence-corrected chi connectivity index (χ4v) is 5.29. The first-order chi connectivity index (χ1) is 17.1. The number of H-pyrrole nitrogens is 1. The van der Waals surface area contributed by atoms with Gasteiger partial charge in [0, 0.05) is 55.7 Å². The van der Waals surface area contributed by atoms with Gasteiger partial charge in [0.2, 0.25) is 5.91 Å². The molecule has 0 saturated carbocycles. The van der Waals surface area contributed by atoms with Crippen LogP contribution in [-0.2, 0) is 4.79 Å². The topological polar surface area (TPSA) is 79.9 Å². The zero-order valence-corrected chi connectivity index (χ0v) is 21.3. The van der Waals surface area contributed by atoms with Gasteiger partial charge in [-0.15, -0.1) is 12.4 Å². The zero-order chi connectivity index (χ0) is 24.2. The Hall–Kier alpha value is -2.87. The van der Waals surface area contributed by atoms with E-state index in [1.807, 2.05) is 65.7 Å². The highest BCUT2D eigenvalue weighted by molar-refractivity contribution is 6.10. The van der Waals surface area contributed by atoms with Gasteiger partial charge in [-0.1, -0.05) is 24.3 Å². The lowest BCUT2D eigenvalue weighted by Crippen LogP contribution is -2.47. The number of nitrogens with one attached hydrogen (secondary N) is 1. The van der Waals surface area contributed by atoms with Gasteiger partial charge in [-0.25, -0.2) is 0 Å². The van der Waals surface area contributed by atoms with Gasteiger partial charge in [-0.2, -0.15) is 0 Å². The molecule has 192 valence electrons. The van der Waals surface area contributed by atoms with Crippen LogP contribution in [0.25, 0.3) is 10.9 Å². The van der Waals surface area contributed by atoms with Crippen molar-refractivity contribution in [2.75, 3.05) is 44.2 Å². The molecule has 36 heavy (non-hydrogen) atoms. The second-order valence-electron chi connectivity index (χ2n) is 9.86. The third-order valence-electron chi connectivity index (χ3n) is 7.45. The number of carbonyl (C=O) groups excluding carboxylic acids is 2. The fourth-order valence-electron chi connectivity index (χ4n) is 5.29. The van der Waals surface area contributed by atoms with Crippen LogP contribution >= 0.6 is 12.4 Å². The van der Waals surface area contributed by atoms with Crippen molar-refractivity contribution in [3.8, 4) is 0 Å². The van der Waals surface area contributed by atoms with E-state index >= 15 is 0 Å². The molecule has 2 aromatic carbocycles. The molecule has 0 radical (unpaired) electrons. The van der Waals surface area contributed by atoms with E-state index in [-0.39, 0.29) is 36.9 Å². The maximum Gasteiger partial charge on any atom is 0.258 e. The summed E-state index contributed by atoms with van der Waals surface area (Å²) in [6, 6.07) is 17.0. The van der Waals surface area contributed by atoms with Crippen molar-refractivity contribution in [2.24, 2.45) is 5.92 Å². The molecule has 0 bridgehead atoms. The maximum absolute atomic E-state index is 13.5. The van der Waals surface area contributed by atoms with Crippen LogP contribution in [0.1, 0.15) is 36.0 Å². The number of likely N-dealkylation sites (tertiary alicyclic amines) is 2. The van der Waals surface area contributed by atoms with Crippen molar-refractivity contribution in [1.82, 2.24) is 14.8 Å². The molecule has 2 amide bonds. The Balaban J connectivity index is 0.00000304. The van der Waals surface area contributed by atoms with Gasteiger partial charge in [0.1, 0.15) is 6.54 Å². The summed E-state index contributed by atoms with van der Waals surface area (Å²) in [7, 11) is 0. The number of amides is 2. The molecule has 3 heterocycles. The van der Waals surface area contributed by atoms with Gasteiger partial charge < -0.3 is 19.9 Å².